The van der Waals surface area contributed by atoms with Crippen LogP contribution < -0.4 is 10.2 Å². The van der Waals surface area contributed by atoms with Gasteiger partial charge in [0.1, 0.15) is 17.0 Å². The average Bonchev–Trinajstić information content (AvgIpc) is 3.30. The van der Waals surface area contributed by atoms with E-state index in [1.54, 1.807) is 6.33 Å². The number of anilines is 1. The summed E-state index contributed by atoms with van der Waals surface area (Å²) in [5.74, 6) is 1.05. The number of piperidine rings is 1. The third-order valence-electron chi connectivity index (χ3n) is 4.48. The van der Waals surface area contributed by atoms with Crippen LogP contribution in [0.3, 0.4) is 0 Å². The molecule has 2 aliphatic rings. The zero-order valence-electron chi connectivity index (χ0n) is 12.8. The summed E-state index contributed by atoms with van der Waals surface area (Å²) in [6.07, 6.45) is 7.56. The van der Waals surface area contributed by atoms with Gasteiger partial charge in [0.25, 0.3) is 5.91 Å². The van der Waals surface area contributed by atoms with E-state index in [-0.39, 0.29) is 5.91 Å². The zero-order chi connectivity index (χ0) is 15.1. The molecule has 0 atom stereocenters. The van der Waals surface area contributed by atoms with Crippen LogP contribution >= 0.6 is 11.3 Å². The number of carbonyl (C=O) groups is 1. The first-order valence-electron chi connectivity index (χ1n) is 8.04. The van der Waals surface area contributed by atoms with Crippen molar-refractivity contribution < 1.29 is 4.79 Å². The van der Waals surface area contributed by atoms with Crippen LogP contribution in [0.1, 0.15) is 47.3 Å². The van der Waals surface area contributed by atoms with Crippen LogP contribution in [-0.4, -0.2) is 35.0 Å². The minimum absolute atomic E-state index is 0.0487. The number of rotatable bonds is 3. The maximum absolute atomic E-state index is 12.4. The normalized spacial score (nSPS) is 18.7. The Hall–Kier alpha value is -1.69. The van der Waals surface area contributed by atoms with Crippen LogP contribution in [0.4, 0.5) is 5.82 Å². The van der Waals surface area contributed by atoms with Crippen molar-refractivity contribution in [1.29, 1.82) is 0 Å². The van der Waals surface area contributed by atoms with Gasteiger partial charge in [-0.05, 0) is 44.6 Å². The molecule has 1 N–H and O–H groups in total. The first-order chi connectivity index (χ1) is 10.7. The number of carbonyl (C=O) groups excluding carboxylic acids is 1. The molecule has 2 aromatic rings. The van der Waals surface area contributed by atoms with Crippen molar-refractivity contribution in [1.82, 2.24) is 15.3 Å². The van der Waals surface area contributed by atoms with Gasteiger partial charge in [0, 0.05) is 19.1 Å². The molecule has 4 rings (SSSR count). The number of aromatic nitrogens is 2. The smallest absolute Gasteiger partial charge is 0.261 e. The maximum atomic E-state index is 12.4. The molecule has 0 radical (unpaired) electrons. The molecule has 1 saturated heterocycles. The maximum Gasteiger partial charge on any atom is 0.261 e. The number of aryl methyl sites for hydroxylation is 1. The van der Waals surface area contributed by atoms with Crippen LogP contribution in [-0.2, 0) is 0 Å². The lowest BCUT2D eigenvalue weighted by molar-refractivity contribution is 0.0954. The highest BCUT2D eigenvalue weighted by Crippen LogP contribution is 2.36. The van der Waals surface area contributed by atoms with Crippen molar-refractivity contribution in [2.45, 2.75) is 45.1 Å². The van der Waals surface area contributed by atoms with Gasteiger partial charge in [-0.15, -0.1) is 11.3 Å². The summed E-state index contributed by atoms with van der Waals surface area (Å²) in [6.45, 7) is 4.12. The lowest BCUT2D eigenvalue weighted by atomic mass is 10.1. The largest absolute Gasteiger partial charge is 0.356 e. The number of hydrogen-bond donors (Lipinski definition) is 1. The highest BCUT2D eigenvalue weighted by Gasteiger charge is 2.27. The Labute approximate surface area is 133 Å². The lowest BCUT2D eigenvalue weighted by Gasteiger charge is -2.28. The molecular formula is C16H20N4OS. The van der Waals surface area contributed by atoms with Crippen LogP contribution in [0, 0.1) is 6.92 Å². The number of nitrogens with zero attached hydrogens (tertiary/aromatic N) is 3. The molecule has 0 bridgehead atoms. The summed E-state index contributed by atoms with van der Waals surface area (Å²) in [5.41, 5.74) is 1.03. The van der Waals surface area contributed by atoms with Gasteiger partial charge in [0.2, 0.25) is 0 Å². The second kappa shape index (κ2) is 5.50. The Balaban J connectivity index is 1.74. The van der Waals surface area contributed by atoms with Crippen molar-refractivity contribution in [3.63, 3.8) is 0 Å². The average molecular weight is 316 g/mol. The van der Waals surface area contributed by atoms with Gasteiger partial charge < -0.3 is 10.2 Å². The van der Waals surface area contributed by atoms with Crippen LogP contribution in [0.5, 0.6) is 0 Å². The number of fused-ring (bicyclic) bond motifs is 1. The fourth-order valence-electron chi connectivity index (χ4n) is 3.09. The van der Waals surface area contributed by atoms with Gasteiger partial charge in [0.05, 0.1) is 10.3 Å². The third-order valence-corrected chi connectivity index (χ3v) is 5.68. The molecule has 1 aliphatic heterocycles. The van der Waals surface area contributed by atoms with E-state index in [9.17, 15) is 4.79 Å². The van der Waals surface area contributed by atoms with Crippen molar-refractivity contribution in [2.24, 2.45) is 0 Å². The third kappa shape index (κ3) is 2.45. The van der Waals surface area contributed by atoms with E-state index >= 15 is 0 Å². The van der Waals surface area contributed by atoms with Crippen molar-refractivity contribution in [3.8, 4) is 0 Å². The molecule has 22 heavy (non-hydrogen) atoms. The quantitative estimate of drug-likeness (QED) is 0.946. The van der Waals surface area contributed by atoms with Crippen molar-refractivity contribution in [3.05, 3.63) is 16.8 Å². The van der Waals surface area contributed by atoms with Crippen LogP contribution in [0.25, 0.3) is 10.2 Å². The number of nitrogens with one attached hydrogen (secondary N) is 1. The summed E-state index contributed by atoms with van der Waals surface area (Å²) in [4.78, 5) is 25.4. The molecule has 3 heterocycles. The van der Waals surface area contributed by atoms with E-state index < -0.39 is 0 Å². The van der Waals surface area contributed by atoms with Crippen molar-refractivity contribution in [2.75, 3.05) is 18.0 Å². The molecule has 0 aromatic carbocycles. The minimum atomic E-state index is 0.0487. The van der Waals surface area contributed by atoms with E-state index in [1.807, 2.05) is 6.92 Å². The number of hydrogen-bond acceptors (Lipinski definition) is 5. The van der Waals surface area contributed by atoms with Gasteiger partial charge in [-0.2, -0.15) is 0 Å². The van der Waals surface area contributed by atoms with E-state index in [2.05, 4.69) is 20.2 Å². The van der Waals surface area contributed by atoms with Gasteiger partial charge in [-0.3, -0.25) is 4.79 Å². The van der Waals surface area contributed by atoms with E-state index in [1.165, 1.54) is 30.6 Å². The van der Waals surface area contributed by atoms with E-state index in [4.69, 9.17) is 0 Å². The minimum Gasteiger partial charge on any atom is -0.356 e. The zero-order valence-corrected chi connectivity index (χ0v) is 13.6. The predicted molar refractivity (Wildman–Crippen MR) is 88.7 cm³/mol. The molecule has 0 spiro atoms. The molecule has 0 unspecified atom stereocenters. The molecule has 1 aliphatic carbocycles. The molecule has 2 fully saturated rings. The fourth-order valence-corrected chi connectivity index (χ4v) is 4.14. The molecule has 116 valence electrons. The Morgan fingerprint density at radius 2 is 2.05 bits per heavy atom. The summed E-state index contributed by atoms with van der Waals surface area (Å²) in [7, 11) is 0. The molecule has 6 heteroatoms. The van der Waals surface area contributed by atoms with E-state index in [0.717, 1.165) is 52.4 Å². The summed E-state index contributed by atoms with van der Waals surface area (Å²) < 4.78 is 0. The van der Waals surface area contributed by atoms with Crippen LogP contribution in [0.15, 0.2) is 6.33 Å². The SMILES string of the molecule is Cc1c(C(=O)NC2CC2)sc2ncnc(N3CCCCC3)c12. The molecule has 1 amide bonds. The van der Waals surface area contributed by atoms with Crippen LogP contribution in [0.2, 0.25) is 0 Å². The molecule has 5 nitrogen and oxygen atoms in total. The summed E-state index contributed by atoms with van der Waals surface area (Å²) in [6, 6.07) is 0.379. The van der Waals surface area contributed by atoms with Gasteiger partial charge >= 0.3 is 0 Å². The number of thiophene rings is 1. The topological polar surface area (TPSA) is 58.1 Å². The summed E-state index contributed by atoms with van der Waals surface area (Å²) >= 11 is 1.49. The molecule has 2 aromatic heterocycles. The summed E-state index contributed by atoms with van der Waals surface area (Å²) in [5, 5.41) is 4.15. The van der Waals surface area contributed by atoms with E-state index in [0.29, 0.717) is 6.04 Å². The Morgan fingerprint density at radius 1 is 1.27 bits per heavy atom. The van der Waals surface area contributed by atoms with Gasteiger partial charge in [-0.1, -0.05) is 0 Å². The highest BCUT2D eigenvalue weighted by molar-refractivity contribution is 7.20. The van der Waals surface area contributed by atoms with Gasteiger partial charge in [-0.25, -0.2) is 9.97 Å². The van der Waals surface area contributed by atoms with Crippen molar-refractivity contribution >= 4 is 33.3 Å². The molecular weight excluding hydrogens is 296 g/mol. The first-order valence-corrected chi connectivity index (χ1v) is 8.85. The first kappa shape index (κ1) is 13.9. The highest BCUT2D eigenvalue weighted by atomic mass is 32.1. The Kier molecular flexibility index (Phi) is 3.48. The standard InChI is InChI=1S/C16H20N4OS/c1-10-12-14(20-7-3-2-4-8-20)17-9-18-16(12)22-13(10)15(21)19-11-5-6-11/h9,11H,2-8H2,1H3,(H,19,21). The lowest BCUT2D eigenvalue weighted by Crippen LogP contribution is -2.30. The number of amides is 1. The fraction of sp³-hybridized carbons (Fsp3) is 0.562. The predicted octanol–water partition coefficient (Wildman–Crippen LogP) is 2.88. The second-order valence-corrected chi connectivity index (χ2v) is 7.23. The Bertz CT molecular complexity index is 716. The second-order valence-electron chi connectivity index (χ2n) is 6.23. The van der Waals surface area contributed by atoms with Gasteiger partial charge in [0.15, 0.2) is 0 Å². The monoisotopic (exact) mass is 316 g/mol. The Morgan fingerprint density at radius 3 is 2.77 bits per heavy atom. The molecule has 1 saturated carbocycles.